The first kappa shape index (κ1) is 15.8. The zero-order valence-corrected chi connectivity index (χ0v) is 13.9. The summed E-state index contributed by atoms with van der Waals surface area (Å²) in [5.74, 6) is 2.02. The maximum atomic E-state index is 5.89. The average Bonchev–Trinajstić information content (AvgIpc) is 3.37. The van der Waals surface area contributed by atoms with E-state index < -0.39 is 0 Å². The summed E-state index contributed by atoms with van der Waals surface area (Å²) >= 11 is 0. The van der Waals surface area contributed by atoms with Crippen LogP contribution >= 0.6 is 0 Å². The van der Waals surface area contributed by atoms with Crippen LogP contribution in [-0.4, -0.2) is 50.8 Å². The van der Waals surface area contributed by atoms with Crippen LogP contribution in [0.5, 0.6) is 0 Å². The van der Waals surface area contributed by atoms with Crippen LogP contribution in [0.2, 0.25) is 0 Å². The van der Waals surface area contributed by atoms with Crippen molar-refractivity contribution in [2.24, 2.45) is 17.3 Å². The quantitative estimate of drug-likeness (QED) is 0.627. The summed E-state index contributed by atoms with van der Waals surface area (Å²) in [6.45, 7) is 10.5. The molecule has 0 spiro atoms. The molecule has 3 heteroatoms. The number of hydrogen-bond donors (Lipinski definition) is 1. The summed E-state index contributed by atoms with van der Waals surface area (Å²) < 4.78 is 5.89. The molecule has 0 aromatic heterocycles. The second kappa shape index (κ2) is 7.43. The van der Waals surface area contributed by atoms with E-state index in [0.29, 0.717) is 5.41 Å². The van der Waals surface area contributed by atoms with E-state index in [1.54, 1.807) is 0 Å². The van der Waals surface area contributed by atoms with Crippen LogP contribution in [0.15, 0.2) is 0 Å². The van der Waals surface area contributed by atoms with E-state index in [1.807, 2.05) is 0 Å². The molecule has 1 heterocycles. The molecule has 122 valence electrons. The van der Waals surface area contributed by atoms with Gasteiger partial charge in [0.1, 0.15) is 0 Å². The van der Waals surface area contributed by atoms with Gasteiger partial charge in [-0.05, 0) is 63.3 Å². The van der Waals surface area contributed by atoms with Gasteiger partial charge in [-0.1, -0.05) is 6.92 Å². The SMILES string of the molecule is CCCNCC1(CN(CC2CC2)CC2CC2)CCCOC1. The smallest absolute Gasteiger partial charge is 0.0546 e. The van der Waals surface area contributed by atoms with Gasteiger partial charge in [0.25, 0.3) is 0 Å². The van der Waals surface area contributed by atoms with E-state index in [9.17, 15) is 0 Å². The van der Waals surface area contributed by atoms with Gasteiger partial charge in [-0.2, -0.15) is 0 Å². The molecule has 0 radical (unpaired) electrons. The maximum absolute atomic E-state index is 5.89. The lowest BCUT2D eigenvalue weighted by Gasteiger charge is -2.41. The summed E-state index contributed by atoms with van der Waals surface area (Å²) in [4.78, 5) is 2.80. The monoisotopic (exact) mass is 294 g/mol. The third-order valence-electron chi connectivity index (χ3n) is 5.32. The zero-order valence-electron chi connectivity index (χ0n) is 13.9. The Morgan fingerprint density at radius 1 is 1.14 bits per heavy atom. The third kappa shape index (κ3) is 5.22. The maximum Gasteiger partial charge on any atom is 0.0546 e. The largest absolute Gasteiger partial charge is 0.381 e. The molecule has 1 aliphatic heterocycles. The summed E-state index contributed by atoms with van der Waals surface area (Å²) in [5.41, 5.74) is 0.372. The lowest BCUT2D eigenvalue weighted by atomic mass is 9.81. The highest BCUT2D eigenvalue weighted by molar-refractivity contribution is 4.90. The van der Waals surface area contributed by atoms with Gasteiger partial charge in [0.15, 0.2) is 0 Å². The molecular formula is C18H34N2O. The van der Waals surface area contributed by atoms with Crippen molar-refractivity contribution in [2.45, 2.75) is 51.9 Å². The number of nitrogens with zero attached hydrogens (tertiary/aromatic N) is 1. The van der Waals surface area contributed by atoms with Crippen LogP contribution in [0.3, 0.4) is 0 Å². The standard InChI is InChI=1S/C18H34N2O/c1-2-9-19-13-18(8-3-10-21-15-18)14-20(11-16-4-5-16)12-17-6-7-17/h16-17,19H,2-15H2,1H3. The first-order chi connectivity index (χ1) is 10.3. The highest BCUT2D eigenvalue weighted by Crippen LogP contribution is 2.36. The molecule has 3 aliphatic rings. The highest BCUT2D eigenvalue weighted by atomic mass is 16.5. The molecule has 2 aliphatic carbocycles. The molecule has 1 N–H and O–H groups in total. The van der Waals surface area contributed by atoms with Gasteiger partial charge in [-0.3, -0.25) is 0 Å². The van der Waals surface area contributed by atoms with Crippen molar-refractivity contribution in [2.75, 3.05) is 45.9 Å². The van der Waals surface area contributed by atoms with Crippen LogP contribution in [0.1, 0.15) is 51.9 Å². The molecular weight excluding hydrogens is 260 g/mol. The van der Waals surface area contributed by atoms with Crippen LogP contribution < -0.4 is 5.32 Å². The van der Waals surface area contributed by atoms with E-state index >= 15 is 0 Å². The first-order valence-corrected chi connectivity index (χ1v) is 9.30. The molecule has 3 nitrogen and oxygen atoms in total. The van der Waals surface area contributed by atoms with Gasteiger partial charge in [0, 0.05) is 38.2 Å². The fourth-order valence-corrected chi connectivity index (χ4v) is 3.77. The minimum Gasteiger partial charge on any atom is -0.381 e. The Balaban J connectivity index is 1.56. The van der Waals surface area contributed by atoms with Gasteiger partial charge < -0.3 is 15.0 Å². The highest BCUT2D eigenvalue weighted by Gasteiger charge is 2.37. The van der Waals surface area contributed by atoms with Gasteiger partial charge >= 0.3 is 0 Å². The minimum atomic E-state index is 0.372. The molecule has 21 heavy (non-hydrogen) atoms. The number of hydrogen-bond acceptors (Lipinski definition) is 3. The normalized spacial score (nSPS) is 30.0. The van der Waals surface area contributed by atoms with E-state index in [4.69, 9.17) is 4.74 Å². The Kier molecular flexibility index (Phi) is 5.58. The van der Waals surface area contributed by atoms with E-state index in [2.05, 4.69) is 17.1 Å². The summed E-state index contributed by atoms with van der Waals surface area (Å²) in [7, 11) is 0. The number of nitrogens with one attached hydrogen (secondary N) is 1. The summed E-state index contributed by atoms with van der Waals surface area (Å²) in [6, 6.07) is 0. The van der Waals surface area contributed by atoms with Gasteiger partial charge in [-0.15, -0.1) is 0 Å². The Hall–Kier alpha value is -0.120. The lowest BCUT2D eigenvalue weighted by Crippen LogP contribution is -2.50. The molecule has 0 bridgehead atoms. The van der Waals surface area contributed by atoms with Crippen molar-refractivity contribution in [3.63, 3.8) is 0 Å². The zero-order chi connectivity index (χ0) is 14.5. The molecule has 0 aromatic rings. The van der Waals surface area contributed by atoms with Crippen molar-refractivity contribution in [3.8, 4) is 0 Å². The molecule has 0 aromatic carbocycles. The van der Waals surface area contributed by atoms with Crippen molar-refractivity contribution in [1.29, 1.82) is 0 Å². The molecule has 3 rings (SSSR count). The van der Waals surface area contributed by atoms with E-state index in [1.165, 1.54) is 64.6 Å². The molecule has 1 atom stereocenters. The van der Waals surface area contributed by atoms with Crippen molar-refractivity contribution in [3.05, 3.63) is 0 Å². The first-order valence-electron chi connectivity index (χ1n) is 9.30. The molecule has 0 amide bonds. The Bertz CT molecular complexity index is 292. The molecule has 3 fully saturated rings. The molecule has 1 saturated heterocycles. The Morgan fingerprint density at radius 2 is 1.86 bits per heavy atom. The predicted molar refractivity (Wildman–Crippen MR) is 87.5 cm³/mol. The minimum absolute atomic E-state index is 0.372. The van der Waals surface area contributed by atoms with Gasteiger partial charge in [-0.25, -0.2) is 0 Å². The van der Waals surface area contributed by atoms with Crippen LogP contribution in [0.4, 0.5) is 0 Å². The lowest BCUT2D eigenvalue weighted by molar-refractivity contribution is -0.0274. The fraction of sp³-hybridized carbons (Fsp3) is 1.00. The van der Waals surface area contributed by atoms with Crippen LogP contribution in [0, 0.1) is 17.3 Å². The summed E-state index contributed by atoms with van der Waals surface area (Å²) in [6.07, 6.45) is 9.70. The molecule has 1 unspecified atom stereocenters. The molecule has 2 saturated carbocycles. The fourth-order valence-electron chi connectivity index (χ4n) is 3.77. The number of ether oxygens (including phenoxy) is 1. The van der Waals surface area contributed by atoms with Gasteiger partial charge in [0.05, 0.1) is 6.61 Å². The van der Waals surface area contributed by atoms with Crippen molar-refractivity contribution in [1.82, 2.24) is 10.2 Å². The van der Waals surface area contributed by atoms with E-state index in [0.717, 1.165) is 38.1 Å². The Labute approximate surface area is 130 Å². The van der Waals surface area contributed by atoms with Crippen molar-refractivity contribution < 1.29 is 4.74 Å². The number of rotatable bonds is 10. The summed E-state index contributed by atoms with van der Waals surface area (Å²) in [5, 5.41) is 3.68. The van der Waals surface area contributed by atoms with Crippen LogP contribution in [-0.2, 0) is 4.74 Å². The second-order valence-corrected chi connectivity index (χ2v) is 7.91. The second-order valence-electron chi connectivity index (χ2n) is 7.91. The van der Waals surface area contributed by atoms with Crippen LogP contribution in [0.25, 0.3) is 0 Å². The van der Waals surface area contributed by atoms with Crippen molar-refractivity contribution >= 4 is 0 Å². The van der Waals surface area contributed by atoms with E-state index in [-0.39, 0.29) is 0 Å². The van der Waals surface area contributed by atoms with Gasteiger partial charge in [0.2, 0.25) is 0 Å². The third-order valence-corrected chi connectivity index (χ3v) is 5.32. The topological polar surface area (TPSA) is 24.5 Å². The Morgan fingerprint density at radius 3 is 2.38 bits per heavy atom. The predicted octanol–water partition coefficient (Wildman–Crippen LogP) is 2.90. The average molecular weight is 294 g/mol.